The number of nitrogens with one attached hydrogen (secondary N) is 1. The van der Waals surface area contributed by atoms with Crippen molar-refractivity contribution in [3.05, 3.63) is 41.9 Å². The molecule has 26 heavy (non-hydrogen) atoms. The standard InChI is InChI=1S/C18H21N5O2S/c1-25-9-8-23-12-19-21-18(23)26-11-17(24)22-7-6-16-14(10-22)13-4-2-3-5-15(13)20-16/h2-5,12,20H,6-11H2,1H3. The molecule has 136 valence electrons. The Kier molecular flexibility index (Phi) is 4.94. The van der Waals surface area contributed by atoms with Gasteiger partial charge in [-0.25, -0.2) is 0 Å². The first-order chi connectivity index (χ1) is 12.8. The Morgan fingerprint density at radius 3 is 3.15 bits per heavy atom. The van der Waals surface area contributed by atoms with Crippen LogP contribution in [0.3, 0.4) is 0 Å². The molecule has 1 amide bonds. The van der Waals surface area contributed by atoms with Crippen LogP contribution in [-0.2, 0) is 29.0 Å². The second-order valence-electron chi connectivity index (χ2n) is 6.28. The first-order valence-corrected chi connectivity index (χ1v) is 9.60. The molecule has 3 heterocycles. The van der Waals surface area contributed by atoms with Crippen molar-refractivity contribution in [3.8, 4) is 0 Å². The van der Waals surface area contributed by atoms with Gasteiger partial charge in [0.1, 0.15) is 6.33 Å². The number of aromatic nitrogens is 4. The summed E-state index contributed by atoms with van der Waals surface area (Å²) in [6.07, 6.45) is 2.54. The summed E-state index contributed by atoms with van der Waals surface area (Å²) in [5.41, 5.74) is 3.64. The molecule has 3 aromatic rings. The van der Waals surface area contributed by atoms with Gasteiger partial charge in [-0.05, 0) is 6.07 Å². The number of nitrogens with zero attached hydrogens (tertiary/aromatic N) is 4. The molecule has 0 radical (unpaired) electrons. The molecule has 4 rings (SSSR count). The second-order valence-corrected chi connectivity index (χ2v) is 7.22. The van der Waals surface area contributed by atoms with Crippen LogP contribution in [0.1, 0.15) is 11.3 Å². The number of benzene rings is 1. The van der Waals surface area contributed by atoms with Gasteiger partial charge in [0.2, 0.25) is 5.91 Å². The molecule has 0 saturated carbocycles. The summed E-state index contributed by atoms with van der Waals surface area (Å²) < 4.78 is 7.00. The van der Waals surface area contributed by atoms with Crippen molar-refractivity contribution in [1.29, 1.82) is 0 Å². The average molecular weight is 371 g/mol. The van der Waals surface area contributed by atoms with Gasteiger partial charge in [-0.15, -0.1) is 10.2 Å². The molecule has 8 heteroatoms. The zero-order valence-electron chi connectivity index (χ0n) is 14.6. The Bertz CT molecular complexity index is 919. The van der Waals surface area contributed by atoms with E-state index in [1.54, 1.807) is 13.4 Å². The van der Waals surface area contributed by atoms with E-state index < -0.39 is 0 Å². The Labute approximate surface area is 155 Å². The van der Waals surface area contributed by atoms with E-state index in [1.165, 1.54) is 28.4 Å². The highest BCUT2D eigenvalue weighted by Crippen LogP contribution is 2.28. The summed E-state index contributed by atoms with van der Waals surface area (Å²) in [5, 5.41) is 9.99. The number of amides is 1. The lowest BCUT2D eigenvalue weighted by Crippen LogP contribution is -2.37. The normalized spacial score (nSPS) is 14.0. The first-order valence-electron chi connectivity index (χ1n) is 8.62. The molecule has 1 aliphatic heterocycles. The number of ether oxygens (including phenoxy) is 1. The lowest BCUT2D eigenvalue weighted by Gasteiger charge is -2.27. The predicted molar refractivity (Wildman–Crippen MR) is 100 cm³/mol. The fourth-order valence-corrected chi connectivity index (χ4v) is 4.14. The van der Waals surface area contributed by atoms with Gasteiger partial charge in [0, 0.05) is 55.3 Å². The van der Waals surface area contributed by atoms with E-state index >= 15 is 0 Å². The number of carbonyl (C=O) groups is 1. The number of rotatable bonds is 6. The minimum absolute atomic E-state index is 0.132. The van der Waals surface area contributed by atoms with Crippen molar-refractivity contribution in [3.63, 3.8) is 0 Å². The van der Waals surface area contributed by atoms with Crippen LogP contribution in [-0.4, -0.2) is 56.6 Å². The monoisotopic (exact) mass is 371 g/mol. The molecule has 7 nitrogen and oxygen atoms in total. The largest absolute Gasteiger partial charge is 0.383 e. The molecule has 0 saturated heterocycles. The van der Waals surface area contributed by atoms with Crippen LogP contribution in [0.25, 0.3) is 10.9 Å². The van der Waals surface area contributed by atoms with Crippen LogP contribution in [0, 0.1) is 0 Å². The van der Waals surface area contributed by atoms with Crippen molar-refractivity contribution in [1.82, 2.24) is 24.6 Å². The molecule has 2 aromatic heterocycles. The van der Waals surface area contributed by atoms with Crippen LogP contribution >= 0.6 is 11.8 Å². The molecule has 1 aliphatic rings. The maximum atomic E-state index is 12.7. The highest BCUT2D eigenvalue weighted by Gasteiger charge is 2.24. The quantitative estimate of drug-likeness (QED) is 0.672. The smallest absolute Gasteiger partial charge is 0.233 e. The molecule has 0 bridgehead atoms. The third-order valence-electron chi connectivity index (χ3n) is 4.68. The molecule has 0 atom stereocenters. The highest BCUT2D eigenvalue weighted by molar-refractivity contribution is 7.99. The van der Waals surface area contributed by atoms with Crippen LogP contribution in [0.2, 0.25) is 0 Å². The van der Waals surface area contributed by atoms with Crippen LogP contribution in [0.15, 0.2) is 35.7 Å². The Morgan fingerprint density at radius 1 is 1.38 bits per heavy atom. The number of methoxy groups -OCH3 is 1. The maximum absolute atomic E-state index is 12.7. The van der Waals surface area contributed by atoms with Crippen LogP contribution in [0.5, 0.6) is 0 Å². The van der Waals surface area contributed by atoms with Crippen LogP contribution in [0.4, 0.5) is 0 Å². The topological polar surface area (TPSA) is 76.0 Å². The highest BCUT2D eigenvalue weighted by atomic mass is 32.2. The fourth-order valence-electron chi connectivity index (χ4n) is 3.30. The maximum Gasteiger partial charge on any atom is 0.233 e. The Hall–Kier alpha value is -2.32. The van der Waals surface area contributed by atoms with Gasteiger partial charge >= 0.3 is 0 Å². The van der Waals surface area contributed by atoms with Gasteiger partial charge in [0.25, 0.3) is 0 Å². The molecule has 0 fully saturated rings. The molecule has 0 spiro atoms. The van der Waals surface area contributed by atoms with Crippen molar-refractivity contribution in [2.75, 3.05) is 26.0 Å². The van der Waals surface area contributed by atoms with Gasteiger partial charge in [0.05, 0.1) is 12.4 Å². The fraction of sp³-hybridized carbons (Fsp3) is 0.389. The zero-order chi connectivity index (χ0) is 17.9. The summed E-state index contributed by atoms with van der Waals surface area (Å²) >= 11 is 1.43. The SMILES string of the molecule is COCCn1cnnc1SCC(=O)N1CCc2[nH]c3ccccc3c2C1. The van der Waals surface area contributed by atoms with E-state index in [-0.39, 0.29) is 5.91 Å². The van der Waals surface area contributed by atoms with Crippen molar-refractivity contribution < 1.29 is 9.53 Å². The number of fused-ring (bicyclic) bond motifs is 3. The lowest BCUT2D eigenvalue weighted by atomic mass is 10.0. The van der Waals surface area contributed by atoms with E-state index in [0.29, 0.717) is 25.4 Å². The summed E-state index contributed by atoms with van der Waals surface area (Å²) in [7, 11) is 1.66. The zero-order valence-corrected chi connectivity index (χ0v) is 15.5. The molecule has 1 aromatic carbocycles. The molecule has 0 aliphatic carbocycles. The van der Waals surface area contributed by atoms with E-state index in [9.17, 15) is 4.79 Å². The summed E-state index contributed by atoms with van der Waals surface area (Å²) in [6.45, 7) is 2.68. The number of aromatic amines is 1. The number of thioether (sulfide) groups is 1. The molecule has 0 unspecified atom stereocenters. The van der Waals surface area contributed by atoms with E-state index in [4.69, 9.17) is 4.74 Å². The molecular weight excluding hydrogens is 350 g/mol. The summed E-state index contributed by atoms with van der Waals surface area (Å²) in [4.78, 5) is 18.1. The Morgan fingerprint density at radius 2 is 2.27 bits per heavy atom. The van der Waals surface area contributed by atoms with Crippen molar-refractivity contribution >= 4 is 28.6 Å². The molecule has 1 N–H and O–H groups in total. The number of hydrogen-bond acceptors (Lipinski definition) is 5. The van der Waals surface area contributed by atoms with Crippen LogP contribution < -0.4 is 0 Å². The average Bonchev–Trinajstić information content (AvgIpc) is 3.27. The van der Waals surface area contributed by atoms with Gasteiger partial charge in [-0.3, -0.25) is 4.79 Å². The van der Waals surface area contributed by atoms with Crippen molar-refractivity contribution in [2.24, 2.45) is 0 Å². The predicted octanol–water partition coefficient (Wildman–Crippen LogP) is 2.08. The lowest BCUT2D eigenvalue weighted by molar-refractivity contribution is -0.129. The minimum Gasteiger partial charge on any atom is -0.383 e. The molecular formula is C18H21N5O2S. The summed E-state index contributed by atoms with van der Waals surface area (Å²) in [5.74, 6) is 0.496. The number of para-hydroxylation sites is 1. The first kappa shape index (κ1) is 17.1. The van der Waals surface area contributed by atoms with Gasteiger partial charge in [-0.2, -0.15) is 0 Å². The number of hydrogen-bond donors (Lipinski definition) is 1. The van der Waals surface area contributed by atoms with Gasteiger partial charge in [0.15, 0.2) is 5.16 Å². The van der Waals surface area contributed by atoms with E-state index in [0.717, 1.165) is 23.6 Å². The number of carbonyl (C=O) groups excluding carboxylic acids is 1. The number of H-pyrrole nitrogens is 1. The second kappa shape index (κ2) is 7.51. The van der Waals surface area contributed by atoms with E-state index in [2.05, 4.69) is 27.3 Å². The van der Waals surface area contributed by atoms with Gasteiger partial charge in [-0.1, -0.05) is 30.0 Å². The van der Waals surface area contributed by atoms with E-state index in [1.807, 2.05) is 21.6 Å². The summed E-state index contributed by atoms with van der Waals surface area (Å²) in [6, 6.07) is 8.28. The third kappa shape index (κ3) is 3.34. The minimum atomic E-state index is 0.132. The Balaban J connectivity index is 1.41. The van der Waals surface area contributed by atoms with Gasteiger partial charge < -0.3 is 19.2 Å². The van der Waals surface area contributed by atoms with Crippen molar-refractivity contribution in [2.45, 2.75) is 24.7 Å². The third-order valence-corrected chi connectivity index (χ3v) is 5.64.